The van der Waals surface area contributed by atoms with E-state index in [1.807, 2.05) is 51.1 Å². The molecule has 8 nitrogen and oxygen atoms in total. The number of hydrogen-bond acceptors (Lipinski definition) is 5. The van der Waals surface area contributed by atoms with E-state index in [2.05, 4.69) is 10.1 Å². The molecule has 0 saturated carbocycles. The summed E-state index contributed by atoms with van der Waals surface area (Å²) in [6.07, 6.45) is 1.63. The second-order valence-electron chi connectivity index (χ2n) is 8.62. The van der Waals surface area contributed by atoms with Gasteiger partial charge in [-0.3, -0.25) is 19.4 Å². The molecule has 0 unspecified atom stereocenters. The number of furan rings is 1. The number of rotatable bonds is 2. The number of ether oxygens (including phenoxy) is 1. The topological polar surface area (TPSA) is 113 Å². The van der Waals surface area contributed by atoms with Crippen LogP contribution in [0.1, 0.15) is 37.9 Å². The number of aromatic hydroxyl groups is 1. The molecule has 4 heterocycles. The molecule has 3 aromatic heterocycles. The van der Waals surface area contributed by atoms with E-state index in [1.165, 1.54) is 6.07 Å². The summed E-state index contributed by atoms with van der Waals surface area (Å²) in [5, 5.41) is 14.3. The molecular weight excluding hydrogens is 422 g/mol. The molecule has 33 heavy (non-hydrogen) atoms. The summed E-state index contributed by atoms with van der Waals surface area (Å²) in [5.41, 5.74) is 3.08. The van der Waals surface area contributed by atoms with E-state index in [9.17, 15) is 14.7 Å². The molecule has 2 aromatic carbocycles. The summed E-state index contributed by atoms with van der Waals surface area (Å²) in [7, 11) is 0. The Labute approximate surface area is 186 Å². The zero-order chi connectivity index (χ0) is 23.0. The summed E-state index contributed by atoms with van der Waals surface area (Å²) in [6.45, 7) is 5.86. The first kappa shape index (κ1) is 19.5. The van der Waals surface area contributed by atoms with Gasteiger partial charge in [-0.1, -0.05) is 18.2 Å². The van der Waals surface area contributed by atoms with Crippen LogP contribution in [-0.2, 0) is 0 Å². The molecular formula is C25H21N3O5. The molecule has 0 saturated heterocycles. The van der Waals surface area contributed by atoms with Gasteiger partial charge in [-0.25, -0.2) is 0 Å². The molecule has 0 fully saturated rings. The molecule has 5 aromatic rings. The fourth-order valence-electron chi connectivity index (χ4n) is 4.65. The van der Waals surface area contributed by atoms with Crippen LogP contribution in [0.25, 0.3) is 44.8 Å². The molecule has 8 heteroatoms. The minimum Gasteiger partial charge on any atom is -0.502 e. The van der Waals surface area contributed by atoms with Gasteiger partial charge in [-0.2, -0.15) is 0 Å². The lowest BCUT2D eigenvalue weighted by molar-refractivity contribution is 0.275. The van der Waals surface area contributed by atoms with Gasteiger partial charge < -0.3 is 19.2 Å². The lowest BCUT2D eigenvalue weighted by Crippen LogP contribution is -2.19. The van der Waals surface area contributed by atoms with Crippen LogP contribution in [-0.4, -0.2) is 26.0 Å². The lowest BCUT2D eigenvalue weighted by Gasteiger charge is -2.25. The van der Waals surface area contributed by atoms with Crippen molar-refractivity contribution in [3.63, 3.8) is 0 Å². The van der Waals surface area contributed by atoms with E-state index >= 15 is 0 Å². The first-order chi connectivity index (χ1) is 15.8. The van der Waals surface area contributed by atoms with Crippen molar-refractivity contribution in [2.45, 2.75) is 32.9 Å². The highest BCUT2D eigenvalue weighted by Crippen LogP contribution is 2.42. The zero-order valence-corrected chi connectivity index (χ0v) is 18.2. The van der Waals surface area contributed by atoms with Gasteiger partial charge in [0.2, 0.25) is 11.2 Å². The smallest absolute Gasteiger partial charge is 0.274 e. The molecule has 3 N–H and O–H groups in total. The summed E-state index contributed by atoms with van der Waals surface area (Å²) < 4.78 is 14.0. The highest BCUT2D eigenvalue weighted by atomic mass is 16.5. The van der Waals surface area contributed by atoms with Gasteiger partial charge in [0.1, 0.15) is 17.5 Å². The van der Waals surface area contributed by atoms with Crippen LogP contribution in [0, 0.1) is 0 Å². The lowest BCUT2D eigenvalue weighted by atomic mass is 9.93. The molecule has 0 aliphatic carbocycles. The maximum absolute atomic E-state index is 13.2. The van der Waals surface area contributed by atoms with Crippen molar-refractivity contribution in [2.24, 2.45) is 0 Å². The van der Waals surface area contributed by atoms with Crippen LogP contribution in [0.5, 0.6) is 11.5 Å². The second kappa shape index (κ2) is 6.65. The van der Waals surface area contributed by atoms with Gasteiger partial charge in [0.15, 0.2) is 11.2 Å². The predicted octanol–water partition coefficient (Wildman–Crippen LogP) is 4.53. The van der Waals surface area contributed by atoms with Gasteiger partial charge in [0.25, 0.3) is 5.56 Å². The molecule has 6 rings (SSSR count). The molecule has 0 bridgehead atoms. The summed E-state index contributed by atoms with van der Waals surface area (Å²) in [5.74, 6) is 0.302. The number of fused-ring (bicyclic) bond motifs is 5. The standard InChI is InChI=1S/C25H21N3O5/c1-11(2)28-24-19(25(31)27-28)18(15-10-13-6-4-5-7-17(13)32-12(15)3)23-20(26-24)14-8-9-16(29)21(30)22(14)33-23/h4-12,26,30H,1-3H3,(H,27,31)/t12-/m0/s1. The Kier molecular flexibility index (Phi) is 3.93. The van der Waals surface area contributed by atoms with Crippen molar-refractivity contribution in [1.82, 2.24) is 14.8 Å². The largest absolute Gasteiger partial charge is 0.502 e. The summed E-state index contributed by atoms with van der Waals surface area (Å²) >= 11 is 0. The number of hydrogen-bond donors (Lipinski definition) is 3. The minimum atomic E-state index is -0.528. The minimum absolute atomic E-state index is 0.0219. The highest BCUT2D eigenvalue weighted by Gasteiger charge is 2.29. The number of nitrogens with one attached hydrogen (secondary N) is 2. The number of phenolic OH excluding ortho intramolecular Hbond substituents is 1. The zero-order valence-electron chi connectivity index (χ0n) is 18.2. The van der Waals surface area contributed by atoms with Crippen LogP contribution in [0.2, 0.25) is 0 Å². The van der Waals surface area contributed by atoms with Gasteiger partial charge in [-0.15, -0.1) is 0 Å². The number of phenols is 1. The number of aromatic amines is 2. The number of pyridine rings is 1. The van der Waals surface area contributed by atoms with Crippen LogP contribution in [0.15, 0.2) is 50.4 Å². The predicted molar refractivity (Wildman–Crippen MR) is 127 cm³/mol. The molecule has 0 radical (unpaired) electrons. The maximum Gasteiger partial charge on any atom is 0.274 e. The normalized spacial score (nSPS) is 15.9. The van der Waals surface area contributed by atoms with Crippen molar-refractivity contribution in [3.8, 4) is 11.5 Å². The van der Waals surface area contributed by atoms with Gasteiger partial charge in [0.05, 0.1) is 10.9 Å². The van der Waals surface area contributed by atoms with Crippen LogP contribution in [0.3, 0.4) is 0 Å². The Hall–Kier alpha value is -4.20. The SMILES string of the molecule is CC(C)n1[nH]c(=O)c2c(C3=Cc4ccccc4O[C@H]3C)c3oc4c(O)c(=O)ccc4c3[nH]c21. The van der Waals surface area contributed by atoms with Gasteiger partial charge in [0, 0.05) is 28.1 Å². The van der Waals surface area contributed by atoms with Gasteiger partial charge >= 0.3 is 0 Å². The molecule has 166 valence electrons. The molecule has 1 atom stereocenters. The number of H-pyrrole nitrogens is 2. The highest BCUT2D eigenvalue weighted by molar-refractivity contribution is 6.14. The van der Waals surface area contributed by atoms with Crippen LogP contribution >= 0.6 is 0 Å². The molecule has 1 aliphatic heterocycles. The third-order valence-corrected chi connectivity index (χ3v) is 6.22. The Bertz CT molecular complexity index is 1750. The van der Waals surface area contributed by atoms with E-state index in [-0.39, 0.29) is 23.3 Å². The third-order valence-electron chi connectivity index (χ3n) is 6.22. The van der Waals surface area contributed by atoms with Crippen molar-refractivity contribution in [3.05, 3.63) is 68.1 Å². The van der Waals surface area contributed by atoms with Crippen molar-refractivity contribution >= 4 is 44.8 Å². The van der Waals surface area contributed by atoms with E-state index in [1.54, 1.807) is 10.7 Å². The quantitative estimate of drug-likeness (QED) is 0.371. The Balaban J connectivity index is 1.83. The molecule has 0 spiro atoms. The summed E-state index contributed by atoms with van der Waals surface area (Å²) in [6, 6.07) is 10.6. The number of aromatic nitrogens is 3. The number of nitrogens with zero attached hydrogens (tertiary/aromatic N) is 1. The molecule has 1 aliphatic rings. The monoisotopic (exact) mass is 443 g/mol. The average molecular weight is 443 g/mol. The first-order valence-corrected chi connectivity index (χ1v) is 10.8. The second-order valence-corrected chi connectivity index (χ2v) is 8.62. The third kappa shape index (κ3) is 2.64. The Morgan fingerprint density at radius 1 is 1.09 bits per heavy atom. The fourth-order valence-corrected chi connectivity index (χ4v) is 4.65. The van der Waals surface area contributed by atoms with Crippen LogP contribution in [0.4, 0.5) is 0 Å². The maximum atomic E-state index is 13.2. The van der Waals surface area contributed by atoms with Crippen molar-refractivity contribution in [2.75, 3.05) is 0 Å². The number of para-hydroxylation sites is 1. The molecule has 0 amide bonds. The average Bonchev–Trinajstić information content (AvgIpc) is 3.33. The van der Waals surface area contributed by atoms with E-state index in [0.717, 1.165) is 16.9 Å². The van der Waals surface area contributed by atoms with Crippen molar-refractivity contribution < 1.29 is 14.3 Å². The van der Waals surface area contributed by atoms with E-state index < -0.39 is 11.2 Å². The Morgan fingerprint density at radius 2 is 1.88 bits per heavy atom. The fraction of sp³-hybridized carbons (Fsp3) is 0.200. The van der Waals surface area contributed by atoms with E-state index in [4.69, 9.17) is 9.15 Å². The Morgan fingerprint density at radius 3 is 2.67 bits per heavy atom. The van der Waals surface area contributed by atoms with E-state index in [0.29, 0.717) is 33.1 Å². The van der Waals surface area contributed by atoms with Crippen LogP contribution < -0.4 is 15.7 Å². The van der Waals surface area contributed by atoms with Gasteiger partial charge in [-0.05, 0) is 45.0 Å². The van der Waals surface area contributed by atoms with Crippen molar-refractivity contribution in [1.29, 1.82) is 0 Å². The number of benzene rings is 2. The summed E-state index contributed by atoms with van der Waals surface area (Å²) in [4.78, 5) is 28.6. The first-order valence-electron chi connectivity index (χ1n) is 10.8.